The molecule has 0 N–H and O–H groups in total. The summed E-state index contributed by atoms with van der Waals surface area (Å²) < 4.78 is 41.7. The molecule has 1 aliphatic heterocycles. The summed E-state index contributed by atoms with van der Waals surface area (Å²) in [6.45, 7) is 3.49. The number of benzene rings is 2. The Morgan fingerprint density at radius 3 is 2.48 bits per heavy atom. The van der Waals surface area contributed by atoms with Gasteiger partial charge in [0, 0.05) is 24.3 Å². The molecule has 4 rings (SSSR count). The second kappa shape index (κ2) is 8.78. The van der Waals surface area contributed by atoms with Crippen LogP contribution in [0.3, 0.4) is 0 Å². The summed E-state index contributed by atoms with van der Waals surface area (Å²) in [6, 6.07) is 12.9. The lowest BCUT2D eigenvalue weighted by Gasteiger charge is -2.16. The van der Waals surface area contributed by atoms with E-state index in [1.165, 1.54) is 17.8 Å². The molecule has 31 heavy (non-hydrogen) atoms. The third-order valence-electron chi connectivity index (χ3n) is 5.29. The molecule has 162 valence electrons. The predicted octanol–water partition coefficient (Wildman–Crippen LogP) is 5.58. The summed E-state index contributed by atoms with van der Waals surface area (Å²) >= 11 is 1.25. The number of imidazole rings is 1. The lowest BCUT2D eigenvalue weighted by molar-refractivity contribution is -0.137. The second-order valence-corrected chi connectivity index (χ2v) is 8.49. The average Bonchev–Trinajstić information content (AvgIpc) is 3.42. The maximum atomic E-state index is 13.3. The van der Waals surface area contributed by atoms with Gasteiger partial charge in [0.25, 0.3) is 0 Å². The van der Waals surface area contributed by atoms with E-state index in [9.17, 15) is 18.0 Å². The summed E-state index contributed by atoms with van der Waals surface area (Å²) in [7, 11) is 0. The molecule has 0 bridgehead atoms. The van der Waals surface area contributed by atoms with Crippen molar-refractivity contribution in [3.63, 3.8) is 0 Å². The Balaban J connectivity index is 1.72. The van der Waals surface area contributed by atoms with Crippen LogP contribution in [0.25, 0.3) is 16.9 Å². The first-order valence-electron chi connectivity index (χ1n) is 10.1. The third kappa shape index (κ3) is 4.79. The van der Waals surface area contributed by atoms with Gasteiger partial charge in [-0.15, -0.1) is 0 Å². The number of thioether (sulfide) groups is 1. The predicted molar refractivity (Wildman–Crippen MR) is 115 cm³/mol. The van der Waals surface area contributed by atoms with Crippen molar-refractivity contribution in [2.24, 2.45) is 0 Å². The van der Waals surface area contributed by atoms with E-state index in [0.29, 0.717) is 16.5 Å². The first-order valence-corrected chi connectivity index (χ1v) is 11.0. The van der Waals surface area contributed by atoms with Crippen molar-refractivity contribution in [3.8, 4) is 16.9 Å². The van der Waals surface area contributed by atoms with Crippen LogP contribution in [0.5, 0.6) is 0 Å². The van der Waals surface area contributed by atoms with Gasteiger partial charge >= 0.3 is 6.18 Å². The first-order chi connectivity index (χ1) is 14.8. The summed E-state index contributed by atoms with van der Waals surface area (Å²) in [4.78, 5) is 18.8. The van der Waals surface area contributed by atoms with Gasteiger partial charge in [0.1, 0.15) is 0 Å². The zero-order chi connectivity index (χ0) is 22.0. The van der Waals surface area contributed by atoms with Crippen LogP contribution in [-0.2, 0) is 11.0 Å². The maximum absolute atomic E-state index is 13.3. The number of aromatic nitrogens is 2. The Bertz CT molecular complexity index is 1070. The van der Waals surface area contributed by atoms with Crippen LogP contribution >= 0.6 is 11.8 Å². The molecule has 8 heteroatoms. The lowest BCUT2D eigenvalue weighted by Crippen LogP contribution is -2.29. The Kier molecular flexibility index (Phi) is 6.09. The molecule has 1 aromatic heterocycles. The van der Waals surface area contributed by atoms with Crippen LogP contribution in [0.2, 0.25) is 0 Å². The highest BCUT2D eigenvalue weighted by molar-refractivity contribution is 7.99. The van der Waals surface area contributed by atoms with Gasteiger partial charge in [0.15, 0.2) is 5.16 Å². The number of carbonyl (C=O) groups excluding carboxylic acids is 1. The van der Waals surface area contributed by atoms with E-state index in [0.717, 1.165) is 49.2 Å². The molecule has 3 aromatic rings. The number of likely N-dealkylation sites (tertiary alicyclic amines) is 1. The molecule has 0 aliphatic carbocycles. The number of alkyl halides is 3. The number of hydrogen-bond donors (Lipinski definition) is 0. The van der Waals surface area contributed by atoms with E-state index in [2.05, 4.69) is 4.98 Å². The van der Waals surface area contributed by atoms with E-state index in [1.54, 1.807) is 16.8 Å². The minimum Gasteiger partial charge on any atom is -0.342 e. The van der Waals surface area contributed by atoms with Crippen LogP contribution in [0.1, 0.15) is 24.0 Å². The third-order valence-corrected chi connectivity index (χ3v) is 6.23. The topological polar surface area (TPSA) is 38.1 Å². The Hall–Kier alpha value is -2.74. The first kappa shape index (κ1) is 21.5. The molecule has 0 radical (unpaired) electrons. The normalized spacial score (nSPS) is 14.3. The fourth-order valence-electron chi connectivity index (χ4n) is 3.62. The number of carbonyl (C=O) groups is 1. The van der Waals surface area contributed by atoms with Gasteiger partial charge in [0.2, 0.25) is 5.91 Å². The average molecular weight is 446 g/mol. The van der Waals surface area contributed by atoms with Crippen LogP contribution in [-0.4, -0.2) is 39.2 Å². The van der Waals surface area contributed by atoms with E-state index >= 15 is 0 Å². The number of aryl methyl sites for hydroxylation is 1. The summed E-state index contributed by atoms with van der Waals surface area (Å²) in [5.74, 6) is 0.224. The molecule has 1 amide bonds. The smallest absolute Gasteiger partial charge is 0.342 e. The van der Waals surface area contributed by atoms with Crippen molar-refractivity contribution >= 4 is 17.7 Å². The molecular formula is C23H22F3N3OS. The Morgan fingerprint density at radius 2 is 1.81 bits per heavy atom. The van der Waals surface area contributed by atoms with E-state index in [1.807, 2.05) is 36.1 Å². The van der Waals surface area contributed by atoms with Gasteiger partial charge in [-0.05, 0) is 38.0 Å². The molecule has 1 fully saturated rings. The van der Waals surface area contributed by atoms with E-state index in [-0.39, 0.29) is 11.7 Å². The molecule has 0 unspecified atom stereocenters. The van der Waals surface area contributed by atoms with Crippen molar-refractivity contribution in [1.82, 2.24) is 14.5 Å². The number of amides is 1. The molecule has 2 aromatic carbocycles. The largest absolute Gasteiger partial charge is 0.416 e. The number of rotatable bonds is 5. The molecule has 2 heterocycles. The van der Waals surface area contributed by atoms with Gasteiger partial charge in [-0.3, -0.25) is 9.36 Å². The molecular weight excluding hydrogens is 423 g/mol. The molecule has 4 nitrogen and oxygen atoms in total. The lowest BCUT2D eigenvalue weighted by atomic mass is 10.1. The molecule has 0 spiro atoms. The van der Waals surface area contributed by atoms with Gasteiger partial charge in [-0.1, -0.05) is 47.7 Å². The highest BCUT2D eigenvalue weighted by atomic mass is 32.2. The van der Waals surface area contributed by atoms with Crippen molar-refractivity contribution in [2.45, 2.75) is 31.1 Å². The van der Waals surface area contributed by atoms with E-state index in [4.69, 9.17) is 0 Å². The zero-order valence-corrected chi connectivity index (χ0v) is 17.8. The Labute approximate surface area is 183 Å². The summed E-state index contributed by atoms with van der Waals surface area (Å²) in [5.41, 5.74) is 2.24. The molecule has 1 saturated heterocycles. The monoisotopic (exact) mass is 445 g/mol. The maximum Gasteiger partial charge on any atom is 0.416 e. The summed E-state index contributed by atoms with van der Waals surface area (Å²) in [5, 5.41) is 0.488. The van der Waals surface area contributed by atoms with E-state index < -0.39 is 11.7 Å². The van der Waals surface area contributed by atoms with Gasteiger partial charge in [0.05, 0.1) is 23.2 Å². The van der Waals surface area contributed by atoms with Crippen molar-refractivity contribution in [1.29, 1.82) is 0 Å². The zero-order valence-electron chi connectivity index (χ0n) is 17.0. The standard InChI is InChI=1S/C23H22F3N3OS/c1-16-7-9-17(10-8-16)20-14-27-22(31-15-21(30)28-11-2-3-12-28)29(20)19-6-4-5-18(13-19)23(24,25)26/h4-10,13-14H,2-3,11-12,15H2,1H3. The number of halogens is 3. The van der Waals surface area contributed by atoms with Gasteiger partial charge in [-0.25, -0.2) is 4.98 Å². The Morgan fingerprint density at radius 1 is 1.10 bits per heavy atom. The summed E-state index contributed by atoms with van der Waals surface area (Å²) in [6.07, 6.45) is -0.785. The van der Waals surface area contributed by atoms with Crippen LogP contribution in [0.4, 0.5) is 13.2 Å². The highest BCUT2D eigenvalue weighted by Crippen LogP contribution is 2.34. The minimum atomic E-state index is -4.44. The molecule has 1 aliphatic rings. The SMILES string of the molecule is Cc1ccc(-c2cnc(SCC(=O)N3CCCC3)n2-c2cccc(C(F)(F)F)c2)cc1. The van der Waals surface area contributed by atoms with Crippen molar-refractivity contribution < 1.29 is 18.0 Å². The highest BCUT2D eigenvalue weighted by Gasteiger charge is 2.31. The fraction of sp³-hybridized carbons (Fsp3) is 0.304. The van der Waals surface area contributed by atoms with Crippen LogP contribution in [0.15, 0.2) is 59.9 Å². The van der Waals surface area contributed by atoms with Gasteiger partial charge < -0.3 is 4.90 Å². The second-order valence-electron chi connectivity index (χ2n) is 7.55. The van der Waals surface area contributed by atoms with Crippen LogP contribution in [0, 0.1) is 6.92 Å². The quantitative estimate of drug-likeness (QED) is 0.481. The number of hydrogen-bond acceptors (Lipinski definition) is 3. The molecule has 0 saturated carbocycles. The van der Waals surface area contributed by atoms with Crippen molar-refractivity contribution in [2.75, 3.05) is 18.8 Å². The van der Waals surface area contributed by atoms with Crippen molar-refractivity contribution in [3.05, 3.63) is 65.9 Å². The van der Waals surface area contributed by atoms with Gasteiger partial charge in [-0.2, -0.15) is 13.2 Å². The van der Waals surface area contributed by atoms with Crippen LogP contribution < -0.4 is 0 Å². The molecule has 0 atom stereocenters. The number of nitrogens with zero attached hydrogens (tertiary/aromatic N) is 3. The minimum absolute atomic E-state index is 0.0259. The fourth-order valence-corrected chi connectivity index (χ4v) is 4.51.